The van der Waals surface area contributed by atoms with Crippen LogP contribution >= 0.6 is 11.3 Å². The molecule has 0 aliphatic heterocycles. The quantitative estimate of drug-likeness (QED) is 0.812. The first-order valence-electron chi connectivity index (χ1n) is 8.63. The molecule has 0 unspecified atom stereocenters. The number of hydrogen-bond acceptors (Lipinski definition) is 4. The molecule has 5 nitrogen and oxygen atoms in total. The van der Waals surface area contributed by atoms with E-state index in [1.165, 1.54) is 18.3 Å². The van der Waals surface area contributed by atoms with Crippen molar-refractivity contribution in [3.63, 3.8) is 0 Å². The maximum absolute atomic E-state index is 13.7. The van der Waals surface area contributed by atoms with E-state index in [-0.39, 0.29) is 5.75 Å². The van der Waals surface area contributed by atoms with E-state index >= 15 is 0 Å². The summed E-state index contributed by atoms with van der Waals surface area (Å²) in [5.41, 5.74) is 6.77. The molecule has 27 heavy (non-hydrogen) atoms. The zero-order chi connectivity index (χ0) is 19.7. The number of fused-ring (bicyclic) bond motifs is 1. The highest BCUT2D eigenvalue weighted by Gasteiger charge is 2.28. The summed E-state index contributed by atoms with van der Waals surface area (Å²) in [5, 5.41) is 3.06. The first-order chi connectivity index (χ1) is 12.8. The van der Waals surface area contributed by atoms with Gasteiger partial charge in [0.1, 0.15) is 10.8 Å². The van der Waals surface area contributed by atoms with E-state index in [9.17, 15) is 18.4 Å². The second kappa shape index (κ2) is 7.64. The van der Waals surface area contributed by atoms with Crippen LogP contribution in [-0.4, -0.2) is 17.9 Å². The number of benzene rings is 1. The van der Waals surface area contributed by atoms with Crippen molar-refractivity contribution in [2.24, 2.45) is 11.7 Å². The van der Waals surface area contributed by atoms with Gasteiger partial charge in [-0.1, -0.05) is 6.92 Å². The number of primary amides is 1. The van der Waals surface area contributed by atoms with E-state index in [2.05, 4.69) is 12.2 Å². The second-order valence-corrected chi connectivity index (χ2v) is 7.85. The van der Waals surface area contributed by atoms with Crippen molar-refractivity contribution in [2.75, 3.05) is 5.32 Å². The van der Waals surface area contributed by atoms with Gasteiger partial charge in [-0.2, -0.15) is 0 Å². The Hall–Kier alpha value is -2.48. The number of thiophene rings is 1. The van der Waals surface area contributed by atoms with Crippen molar-refractivity contribution in [2.45, 2.75) is 39.2 Å². The minimum absolute atomic E-state index is 0.228. The molecule has 1 aliphatic rings. The van der Waals surface area contributed by atoms with E-state index in [0.29, 0.717) is 22.5 Å². The van der Waals surface area contributed by atoms with E-state index in [1.54, 1.807) is 0 Å². The van der Waals surface area contributed by atoms with Gasteiger partial charge in [-0.05, 0) is 49.8 Å². The Morgan fingerprint density at radius 3 is 2.78 bits per heavy atom. The Bertz CT molecular complexity index is 897. The van der Waals surface area contributed by atoms with Gasteiger partial charge >= 0.3 is 0 Å². The van der Waals surface area contributed by atoms with Crippen LogP contribution in [0.3, 0.4) is 0 Å². The average Bonchev–Trinajstić information content (AvgIpc) is 2.94. The van der Waals surface area contributed by atoms with Gasteiger partial charge in [-0.3, -0.25) is 9.59 Å². The van der Waals surface area contributed by atoms with E-state index in [0.717, 1.165) is 41.8 Å². The minimum atomic E-state index is -1.05. The molecular formula is C19H20F2N2O3S. The Morgan fingerprint density at radius 1 is 1.37 bits per heavy atom. The van der Waals surface area contributed by atoms with Crippen molar-refractivity contribution in [3.05, 3.63) is 45.8 Å². The van der Waals surface area contributed by atoms with Crippen molar-refractivity contribution in [1.82, 2.24) is 0 Å². The predicted octanol–water partition coefficient (Wildman–Crippen LogP) is 3.66. The van der Waals surface area contributed by atoms with E-state index in [1.807, 2.05) is 0 Å². The lowest BCUT2D eigenvalue weighted by atomic mass is 9.88. The Morgan fingerprint density at radius 2 is 2.11 bits per heavy atom. The average molecular weight is 394 g/mol. The molecule has 3 rings (SSSR count). The first-order valence-corrected chi connectivity index (χ1v) is 9.44. The second-order valence-electron chi connectivity index (χ2n) is 6.74. The highest BCUT2D eigenvalue weighted by atomic mass is 32.1. The Kier molecular flexibility index (Phi) is 5.46. The van der Waals surface area contributed by atoms with Gasteiger partial charge in [0.15, 0.2) is 17.7 Å². The van der Waals surface area contributed by atoms with Crippen LogP contribution in [0.4, 0.5) is 13.8 Å². The molecule has 0 radical (unpaired) electrons. The highest BCUT2D eigenvalue weighted by molar-refractivity contribution is 7.17. The molecule has 0 saturated carbocycles. The van der Waals surface area contributed by atoms with E-state index in [4.69, 9.17) is 10.5 Å². The largest absolute Gasteiger partial charge is 0.478 e. The summed E-state index contributed by atoms with van der Waals surface area (Å²) in [6.45, 7) is 3.58. The number of halogens is 2. The third-order valence-corrected chi connectivity index (χ3v) is 5.73. The van der Waals surface area contributed by atoms with Crippen molar-refractivity contribution < 1.29 is 23.1 Å². The van der Waals surface area contributed by atoms with Crippen LogP contribution in [0.1, 0.15) is 41.1 Å². The van der Waals surface area contributed by atoms with Gasteiger partial charge in [0.25, 0.3) is 11.8 Å². The first kappa shape index (κ1) is 19.3. The predicted molar refractivity (Wildman–Crippen MR) is 99.1 cm³/mol. The molecule has 144 valence electrons. The van der Waals surface area contributed by atoms with Crippen molar-refractivity contribution in [1.29, 1.82) is 0 Å². The summed E-state index contributed by atoms with van der Waals surface area (Å²) in [4.78, 5) is 25.4. The SMILES string of the molecule is C[C@H]1CCc2c(sc(NC(=O)[C@@H](C)Oc3ccc(F)cc3F)c2C(N)=O)C1. The smallest absolute Gasteiger partial charge is 0.265 e. The molecule has 0 bridgehead atoms. The van der Waals surface area contributed by atoms with Gasteiger partial charge < -0.3 is 15.8 Å². The van der Waals surface area contributed by atoms with Gasteiger partial charge in [-0.15, -0.1) is 11.3 Å². The minimum Gasteiger partial charge on any atom is -0.478 e. The molecule has 1 aromatic carbocycles. The molecule has 0 fully saturated rings. The molecule has 1 aromatic heterocycles. The van der Waals surface area contributed by atoms with Crippen LogP contribution in [0.15, 0.2) is 18.2 Å². The molecule has 1 aliphatic carbocycles. The van der Waals surface area contributed by atoms with Crippen LogP contribution < -0.4 is 15.8 Å². The van der Waals surface area contributed by atoms with Crippen LogP contribution in [0.5, 0.6) is 5.75 Å². The Balaban J connectivity index is 1.78. The summed E-state index contributed by atoms with van der Waals surface area (Å²) in [6, 6.07) is 2.84. The van der Waals surface area contributed by atoms with Gasteiger partial charge in [-0.25, -0.2) is 8.78 Å². The number of rotatable bonds is 5. The number of nitrogens with two attached hydrogens (primary N) is 1. The lowest BCUT2D eigenvalue weighted by molar-refractivity contribution is -0.122. The molecule has 3 N–H and O–H groups in total. The summed E-state index contributed by atoms with van der Waals surface area (Å²) in [5.74, 6) is -2.49. The molecule has 8 heteroatoms. The van der Waals surface area contributed by atoms with Crippen LogP contribution in [0.2, 0.25) is 0 Å². The number of carbonyl (C=O) groups excluding carboxylic acids is 2. The number of amides is 2. The maximum Gasteiger partial charge on any atom is 0.265 e. The molecule has 0 spiro atoms. The Labute approximate surface area is 159 Å². The third kappa shape index (κ3) is 4.10. The van der Waals surface area contributed by atoms with E-state index < -0.39 is 29.6 Å². The topological polar surface area (TPSA) is 81.4 Å². The zero-order valence-corrected chi connectivity index (χ0v) is 15.8. The van der Waals surface area contributed by atoms with Crippen LogP contribution in [0, 0.1) is 17.6 Å². The lowest BCUT2D eigenvalue weighted by Gasteiger charge is -2.18. The fourth-order valence-electron chi connectivity index (χ4n) is 3.13. The van der Waals surface area contributed by atoms with Crippen molar-refractivity contribution >= 4 is 28.2 Å². The van der Waals surface area contributed by atoms with Gasteiger partial charge in [0.2, 0.25) is 0 Å². The number of ether oxygens (including phenoxy) is 1. The van der Waals surface area contributed by atoms with Crippen molar-refractivity contribution in [3.8, 4) is 5.75 Å². The fraction of sp³-hybridized carbons (Fsp3) is 0.368. The maximum atomic E-state index is 13.7. The molecule has 0 saturated heterocycles. The zero-order valence-electron chi connectivity index (χ0n) is 15.0. The normalized spacial score (nSPS) is 17.1. The molecular weight excluding hydrogens is 374 g/mol. The lowest BCUT2D eigenvalue weighted by Crippen LogP contribution is -2.31. The molecule has 1 heterocycles. The standard InChI is InChI=1S/C19H20F2N2O3S/c1-9-3-5-12-15(7-9)27-19(16(12)17(22)24)23-18(25)10(2)26-14-6-4-11(20)8-13(14)21/h4,6,8-10H,3,5,7H2,1-2H3,(H2,22,24)(H,23,25)/t9-,10+/m0/s1. The number of hydrogen-bond donors (Lipinski definition) is 2. The number of anilines is 1. The summed E-state index contributed by atoms with van der Waals surface area (Å²) in [7, 11) is 0. The third-order valence-electron chi connectivity index (χ3n) is 4.56. The molecule has 2 atom stereocenters. The fourth-order valence-corrected chi connectivity index (χ4v) is 4.55. The number of carbonyl (C=O) groups is 2. The summed E-state index contributed by atoms with van der Waals surface area (Å²) < 4.78 is 32.0. The molecule has 2 aromatic rings. The van der Waals surface area contributed by atoms with Crippen LogP contribution in [-0.2, 0) is 17.6 Å². The summed E-state index contributed by atoms with van der Waals surface area (Å²) >= 11 is 1.34. The number of nitrogens with one attached hydrogen (secondary N) is 1. The monoisotopic (exact) mass is 394 g/mol. The van der Waals surface area contributed by atoms with Crippen LogP contribution in [0.25, 0.3) is 0 Å². The van der Waals surface area contributed by atoms with Gasteiger partial charge in [0, 0.05) is 10.9 Å². The summed E-state index contributed by atoms with van der Waals surface area (Å²) in [6.07, 6.45) is 1.49. The highest BCUT2D eigenvalue weighted by Crippen LogP contribution is 2.39. The van der Waals surface area contributed by atoms with Gasteiger partial charge in [0.05, 0.1) is 5.56 Å². The molecule has 2 amide bonds.